The van der Waals surface area contributed by atoms with E-state index in [1.807, 2.05) is 0 Å². The summed E-state index contributed by atoms with van der Waals surface area (Å²) < 4.78 is 0. The van der Waals surface area contributed by atoms with Crippen molar-refractivity contribution in [2.45, 2.75) is 52.5 Å². The number of hydrogen-bond donors (Lipinski definition) is 1. The number of fused-ring (bicyclic) bond motifs is 1. The van der Waals surface area contributed by atoms with Crippen molar-refractivity contribution in [1.82, 2.24) is 4.98 Å². The van der Waals surface area contributed by atoms with Crippen molar-refractivity contribution < 1.29 is 0 Å². The molecular formula is C35H36N2. The van der Waals surface area contributed by atoms with Crippen LogP contribution in [0.5, 0.6) is 0 Å². The van der Waals surface area contributed by atoms with Gasteiger partial charge in [0, 0.05) is 11.3 Å². The van der Waals surface area contributed by atoms with Crippen molar-refractivity contribution in [2.24, 2.45) is 0 Å². The summed E-state index contributed by atoms with van der Waals surface area (Å²) in [6.07, 6.45) is 0. The van der Waals surface area contributed by atoms with Crippen LogP contribution in [0.25, 0.3) is 22.0 Å². The molecule has 0 aliphatic heterocycles. The van der Waals surface area contributed by atoms with E-state index in [2.05, 4.69) is 143 Å². The number of aromatic nitrogens is 1. The molecule has 0 radical (unpaired) electrons. The lowest BCUT2D eigenvalue weighted by atomic mass is 9.90. The third-order valence-electron chi connectivity index (χ3n) is 7.27. The molecule has 0 saturated heterocycles. The number of nitrogens with one attached hydrogen (secondary N) is 1. The highest BCUT2D eigenvalue weighted by Gasteiger charge is 2.22. The molecule has 1 atom stereocenters. The second kappa shape index (κ2) is 10.6. The Bertz CT molecular complexity index is 1500. The highest BCUT2D eigenvalue weighted by Crippen LogP contribution is 2.37. The Hall–Kier alpha value is -3.91. The minimum absolute atomic E-state index is 0.0704. The maximum Gasteiger partial charge on any atom is 0.0943 e. The molecule has 1 unspecified atom stereocenters. The second-order valence-electron chi connectivity index (χ2n) is 10.6. The molecule has 37 heavy (non-hydrogen) atoms. The third kappa shape index (κ3) is 5.15. The molecule has 2 nitrogen and oxygen atoms in total. The van der Waals surface area contributed by atoms with E-state index in [4.69, 9.17) is 4.98 Å². The van der Waals surface area contributed by atoms with E-state index in [1.54, 1.807) is 0 Å². The Balaban J connectivity index is 1.64. The minimum atomic E-state index is -0.0704. The summed E-state index contributed by atoms with van der Waals surface area (Å²) in [7, 11) is 0. The molecule has 0 spiro atoms. The molecule has 0 saturated carbocycles. The van der Waals surface area contributed by atoms with Crippen LogP contribution in [0.1, 0.15) is 73.5 Å². The number of para-hydroxylation sites is 1. The van der Waals surface area contributed by atoms with E-state index in [0.717, 1.165) is 17.0 Å². The lowest BCUT2D eigenvalue weighted by Gasteiger charge is -2.27. The van der Waals surface area contributed by atoms with Crippen molar-refractivity contribution >= 4 is 16.5 Å². The zero-order valence-electron chi connectivity index (χ0n) is 22.5. The third-order valence-corrected chi connectivity index (χ3v) is 7.27. The molecule has 4 aromatic carbocycles. The van der Waals surface area contributed by atoms with Gasteiger partial charge in [-0.25, -0.2) is 0 Å². The lowest BCUT2D eigenvalue weighted by Crippen LogP contribution is -2.18. The van der Waals surface area contributed by atoms with Crippen LogP contribution in [-0.2, 0) is 0 Å². The lowest BCUT2D eigenvalue weighted by molar-refractivity contribution is 0.812. The normalized spacial score (nSPS) is 12.3. The van der Waals surface area contributed by atoms with Crippen molar-refractivity contribution in [1.29, 1.82) is 0 Å². The van der Waals surface area contributed by atoms with Crippen LogP contribution < -0.4 is 5.32 Å². The molecule has 0 aliphatic rings. The van der Waals surface area contributed by atoms with Crippen molar-refractivity contribution in [3.8, 4) is 11.3 Å². The number of hydrogen-bond acceptors (Lipinski definition) is 2. The predicted octanol–water partition coefficient (Wildman–Crippen LogP) is 9.66. The maximum absolute atomic E-state index is 5.25. The molecular weight excluding hydrogens is 448 g/mol. The Morgan fingerprint density at radius 1 is 0.595 bits per heavy atom. The average molecular weight is 485 g/mol. The van der Waals surface area contributed by atoms with Gasteiger partial charge in [0.25, 0.3) is 0 Å². The summed E-state index contributed by atoms with van der Waals surface area (Å²) in [4.78, 5) is 5.25. The minimum Gasteiger partial charge on any atom is -0.372 e. The molecule has 1 aromatic heterocycles. The predicted molar refractivity (Wildman–Crippen MR) is 158 cm³/mol. The summed E-state index contributed by atoms with van der Waals surface area (Å²) in [6.45, 7) is 11.3. The van der Waals surface area contributed by atoms with E-state index >= 15 is 0 Å². The quantitative estimate of drug-likeness (QED) is 0.249. The van der Waals surface area contributed by atoms with Crippen LogP contribution in [-0.4, -0.2) is 4.98 Å². The zero-order valence-corrected chi connectivity index (χ0v) is 22.5. The zero-order chi connectivity index (χ0) is 25.9. The highest BCUT2D eigenvalue weighted by atomic mass is 15.0. The van der Waals surface area contributed by atoms with Gasteiger partial charge < -0.3 is 5.32 Å². The number of nitrogens with zero attached hydrogens (tertiary/aromatic N) is 1. The van der Waals surface area contributed by atoms with Crippen LogP contribution >= 0.6 is 0 Å². The van der Waals surface area contributed by atoms with E-state index < -0.39 is 0 Å². The van der Waals surface area contributed by atoms with Gasteiger partial charge in [-0.2, -0.15) is 0 Å². The molecule has 0 bridgehead atoms. The molecule has 2 heteroatoms. The standard InChI is InChI=1S/C35H36N2/c1-23(2)29-16-10-17-30(24(3)4)34(29)37-35(31-15-9-6-12-25(31)5)33-19-11-18-32(36-33)28-21-20-26-13-7-8-14-27(26)22-28/h6-24,35,37H,1-5H3. The summed E-state index contributed by atoms with van der Waals surface area (Å²) >= 11 is 0. The SMILES string of the molecule is Cc1ccccc1C(Nc1c(C(C)C)cccc1C(C)C)c1cccc(-c2ccc3ccccc3c2)n1. The van der Waals surface area contributed by atoms with Gasteiger partial charge >= 0.3 is 0 Å². The highest BCUT2D eigenvalue weighted by molar-refractivity contribution is 5.86. The molecule has 0 aliphatic carbocycles. The van der Waals surface area contributed by atoms with Crippen molar-refractivity contribution in [3.63, 3.8) is 0 Å². The summed E-state index contributed by atoms with van der Waals surface area (Å²) in [5.74, 6) is 0.825. The Morgan fingerprint density at radius 3 is 1.92 bits per heavy atom. The van der Waals surface area contributed by atoms with Gasteiger partial charge in [0.05, 0.1) is 17.4 Å². The van der Waals surface area contributed by atoms with Crippen LogP contribution in [0.3, 0.4) is 0 Å². The van der Waals surface area contributed by atoms with Crippen molar-refractivity contribution in [3.05, 3.63) is 131 Å². The Kier molecular flexibility index (Phi) is 7.10. The van der Waals surface area contributed by atoms with Gasteiger partial charge in [0.15, 0.2) is 0 Å². The van der Waals surface area contributed by atoms with E-state index in [0.29, 0.717) is 11.8 Å². The first-order valence-electron chi connectivity index (χ1n) is 13.3. The maximum atomic E-state index is 5.25. The first-order chi connectivity index (χ1) is 17.9. The molecule has 1 heterocycles. The number of pyridine rings is 1. The number of benzene rings is 4. The molecule has 1 N–H and O–H groups in total. The molecule has 5 aromatic rings. The van der Waals surface area contributed by atoms with E-state index in [9.17, 15) is 0 Å². The number of anilines is 1. The first-order valence-corrected chi connectivity index (χ1v) is 13.3. The van der Waals surface area contributed by atoms with Crippen LogP contribution in [0, 0.1) is 6.92 Å². The fourth-order valence-corrected chi connectivity index (χ4v) is 5.21. The summed E-state index contributed by atoms with van der Waals surface area (Å²) in [5, 5.41) is 6.47. The van der Waals surface area contributed by atoms with E-state index in [-0.39, 0.29) is 6.04 Å². The van der Waals surface area contributed by atoms with Crippen LogP contribution in [0.2, 0.25) is 0 Å². The largest absolute Gasteiger partial charge is 0.372 e. The Morgan fingerprint density at radius 2 is 1.22 bits per heavy atom. The molecule has 186 valence electrons. The fourth-order valence-electron chi connectivity index (χ4n) is 5.21. The van der Waals surface area contributed by atoms with Gasteiger partial charge in [-0.15, -0.1) is 0 Å². The molecule has 5 rings (SSSR count). The topological polar surface area (TPSA) is 24.9 Å². The first kappa shape index (κ1) is 24.8. The summed E-state index contributed by atoms with van der Waals surface area (Å²) in [6, 6.07) is 36.8. The average Bonchev–Trinajstić information content (AvgIpc) is 2.91. The molecule has 0 amide bonds. The van der Waals surface area contributed by atoms with Gasteiger partial charge in [-0.1, -0.05) is 113 Å². The smallest absolute Gasteiger partial charge is 0.0943 e. The Labute approximate surface area is 221 Å². The van der Waals surface area contributed by atoms with Crippen LogP contribution in [0.15, 0.2) is 103 Å². The van der Waals surface area contributed by atoms with Crippen molar-refractivity contribution in [2.75, 3.05) is 5.32 Å². The fraction of sp³-hybridized carbons (Fsp3) is 0.229. The van der Waals surface area contributed by atoms with Gasteiger partial charge in [0.1, 0.15) is 0 Å². The summed E-state index contributed by atoms with van der Waals surface area (Å²) in [5.41, 5.74) is 9.57. The monoisotopic (exact) mass is 484 g/mol. The molecule has 0 fully saturated rings. The van der Waals surface area contributed by atoms with Crippen LogP contribution in [0.4, 0.5) is 5.69 Å². The van der Waals surface area contributed by atoms with Gasteiger partial charge in [-0.3, -0.25) is 4.98 Å². The number of rotatable bonds is 7. The second-order valence-corrected chi connectivity index (χ2v) is 10.6. The van der Waals surface area contributed by atoms with Gasteiger partial charge in [0.2, 0.25) is 0 Å². The van der Waals surface area contributed by atoms with E-state index in [1.165, 1.54) is 38.7 Å². The van der Waals surface area contributed by atoms with Gasteiger partial charge in [-0.05, 0) is 70.0 Å². The number of aryl methyl sites for hydroxylation is 1.